The minimum atomic E-state index is -1.18. The molecule has 0 saturated heterocycles. The van der Waals surface area contributed by atoms with Crippen LogP contribution in [0.2, 0.25) is 0 Å². The van der Waals surface area contributed by atoms with Crippen molar-refractivity contribution < 1.29 is 23.4 Å². The van der Waals surface area contributed by atoms with E-state index >= 15 is 0 Å². The van der Waals surface area contributed by atoms with E-state index < -0.39 is 5.97 Å². The second-order valence-electron chi connectivity index (χ2n) is 3.17. The Balaban J connectivity index is 2.05. The lowest BCUT2D eigenvalue weighted by Crippen LogP contribution is -2.04. The third-order valence-electron chi connectivity index (χ3n) is 2.03. The van der Waals surface area contributed by atoms with E-state index in [0.717, 1.165) is 6.39 Å². The Hall–Kier alpha value is -2.37. The fourth-order valence-electron chi connectivity index (χ4n) is 1.23. The van der Waals surface area contributed by atoms with Crippen molar-refractivity contribution in [1.82, 2.24) is 4.98 Å². The topological polar surface area (TPSA) is 72.6 Å². The molecule has 0 atom stereocenters. The zero-order chi connectivity index (χ0) is 12.3. The maximum atomic E-state index is 12.6. The van der Waals surface area contributed by atoms with Crippen LogP contribution in [0.5, 0.6) is 5.75 Å². The number of rotatable bonds is 4. The van der Waals surface area contributed by atoms with E-state index in [1.54, 1.807) is 0 Å². The Kier molecular flexibility index (Phi) is 3.04. The smallest absolute Gasteiger partial charge is 0.358 e. The van der Waals surface area contributed by atoms with Gasteiger partial charge < -0.3 is 14.3 Å². The highest BCUT2D eigenvalue weighted by atomic mass is 19.1. The van der Waals surface area contributed by atoms with Crippen molar-refractivity contribution in [1.29, 1.82) is 0 Å². The molecule has 1 aromatic heterocycles. The number of carboxylic acids is 1. The van der Waals surface area contributed by atoms with E-state index in [-0.39, 0.29) is 23.9 Å². The second kappa shape index (κ2) is 4.65. The van der Waals surface area contributed by atoms with Crippen molar-refractivity contribution in [3.8, 4) is 5.75 Å². The van der Waals surface area contributed by atoms with Gasteiger partial charge >= 0.3 is 5.97 Å². The van der Waals surface area contributed by atoms with E-state index in [4.69, 9.17) is 14.3 Å². The van der Waals surface area contributed by atoms with E-state index in [2.05, 4.69) is 4.98 Å². The van der Waals surface area contributed by atoms with Gasteiger partial charge in [0.2, 0.25) is 0 Å². The molecule has 0 fully saturated rings. The summed E-state index contributed by atoms with van der Waals surface area (Å²) < 4.78 is 22.7. The molecule has 0 amide bonds. The maximum absolute atomic E-state index is 12.6. The molecule has 0 unspecified atom stereocenters. The van der Waals surface area contributed by atoms with Crippen molar-refractivity contribution in [2.75, 3.05) is 0 Å². The summed E-state index contributed by atoms with van der Waals surface area (Å²) in [6.45, 7) is -0.0761. The number of oxazole rings is 1. The lowest BCUT2D eigenvalue weighted by molar-refractivity contribution is 0.0686. The molecule has 88 valence electrons. The van der Waals surface area contributed by atoms with Crippen molar-refractivity contribution in [3.63, 3.8) is 0 Å². The van der Waals surface area contributed by atoms with Crippen LogP contribution in [0.4, 0.5) is 4.39 Å². The summed E-state index contributed by atoms with van der Waals surface area (Å²) >= 11 is 0. The average Bonchev–Trinajstić information content (AvgIpc) is 2.76. The summed E-state index contributed by atoms with van der Waals surface area (Å²) in [5, 5.41) is 8.76. The Morgan fingerprint density at radius 3 is 2.76 bits per heavy atom. The third-order valence-corrected chi connectivity index (χ3v) is 2.03. The molecule has 1 N–H and O–H groups in total. The predicted molar refractivity (Wildman–Crippen MR) is 54.2 cm³/mol. The van der Waals surface area contributed by atoms with Crippen LogP contribution >= 0.6 is 0 Å². The number of halogens is 1. The second-order valence-corrected chi connectivity index (χ2v) is 3.17. The van der Waals surface area contributed by atoms with Crippen molar-refractivity contribution in [2.45, 2.75) is 6.61 Å². The highest BCUT2D eigenvalue weighted by Crippen LogP contribution is 2.15. The number of aromatic carboxylic acids is 1. The molecule has 0 saturated carbocycles. The normalized spacial score (nSPS) is 10.2. The van der Waals surface area contributed by atoms with Crippen LogP contribution < -0.4 is 4.74 Å². The number of carboxylic acid groups (broad SMARTS) is 1. The van der Waals surface area contributed by atoms with Gasteiger partial charge in [-0.25, -0.2) is 14.2 Å². The zero-order valence-electron chi connectivity index (χ0n) is 8.59. The van der Waals surface area contributed by atoms with Crippen LogP contribution in [-0.2, 0) is 6.61 Å². The zero-order valence-corrected chi connectivity index (χ0v) is 8.59. The standard InChI is InChI=1S/C11H8FNO4/c12-7-1-3-8(4-2-7)16-5-9-10(11(14)15)13-6-17-9/h1-4,6H,5H2,(H,14,15). The van der Waals surface area contributed by atoms with E-state index in [0.29, 0.717) is 5.75 Å². The Bertz CT molecular complexity index is 521. The first-order valence-electron chi connectivity index (χ1n) is 4.71. The minimum absolute atomic E-state index is 0.0761. The lowest BCUT2D eigenvalue weighted by atomic mass is 10.3. The fraction of sp³-hybridized carbons (Fsp3) is 0.0909. The van der Waals surface area contributed by atoms with Gasteiger partial charge in [0, 0.05) is 0 Å². The van der Waals surface area contributed by atoms with E-state index in [9.17, 15) is 9.18 Å². The molecule has 6 heteroatoms. The molecule has 2 aromatic rings. The molecule has 17 heavy (non-hydrogen) atoms. The molecule has 0 aliphatic carbocycles. The number of nitrogens with zero attached hydrogens (tertiary/aromatic N) is 1. The van der Waals surface area contributed by atoms with Crippen molar-refractivity contribution >= 4 is 5.97 Å². The van der Waals surface area contributed by atoms with Crippen molar-refractivity contribution in [2.24, 2.45) is 0 Å². The number of carbonyl (C=O) groups is 1. The number of hydrogen-bond acceptors (Lipinski definition) is 4. The molecule has 0 radical (unpaired) electrons. The summed E-state index contributed by atoms with van der Waals surface area (Å²) in [6.07, 6.45) is 1.03. The number of aromatic nitrogens is 1. The molecular formula is C11H8FNO4. The van der Waals surface area contributed by atoms with Crippen LogP contribution in [-0.4, -0.2) is 16.1 Å². The number of ether oxygens (including phenoxy) is 1. The molecule has 1 aromatic carbocycles. The highest BCUT2D eigenvalue weighted by molar-refractivity contribution is 5.86. The van der Waals surface area contributed by atoms with E-state index in [1.165, 1.54) is 24.3 Å². The summed E-state index contributed by atoms with van der Waals surface area (Å²) in [5.74, 6) is -1.03. The largest absolute Gasteiger partial charge is 0.486 e. The SMILES string of the molecule is O=C(O)c1ncoc1COc1ccc(F)cc1. The molecule has 1 heterocycles. The van der Waals surface area contributed by atoms with E-state index in [1.807, 2.05) is 0 Å². The number of hydrogen-bond donors (Lipinski definition) is 1. The number of benzene rings is 1. The molecular weight excluding hydrogens is 229 g/mol. The first kappa shape index (κ1) is 11.1. The maximum Gasteiger partial charge on any atom is 0.358 e. The third kappa shape index (κ3) is 2.60. The van der Waals surface area contributed by atoms with Crippen LogP contribution in [0.15, 0.2) is 35.1 Å². The molecule has 0 bridgehead atoms. The molecule has 2 rings (SSSR count). The molecule has 0 spiro atoms. The fourth-order valence-corrected chi connectivity index (χ4v) is 1.23. The van der Waals surface area contributed by atoms with Gasteiger partial charge in [0.25, 0.3) is 0 Å². The summed E-state index contributed by atoms with van der Waals surface area (Å²) in [7, 11) is 0. The van der Waals surface area contributed by atoms with Gasteiger partial charge in [-0.1, -0.05) is 0 Å². The monoisotopic (exact) mass is 237 g/mol. The van der Waals surface area contributed by atoms with Gasteiger partial charge in [-0.15, -0.1) is 0 Å². The van der Waals surface area contributed by atoms with Gasteiger partial charge in [-0.2, -0.15) is 0 Å². The van der Waals surface area contributed by atoms with Gasteiger partial charge in [0.15, 0.2) is 17.8 Å². The van der Waals surface area contributed by atoms with Crippen LogP contribution in [0.1, 0.15) is 16.2 Å². The Labute approximate surface area is 95.5 Å². The van der Waals surface area contributed by atoms with Crippen LogP contribution in [0.25, 0.3) is 0 Å². The first-order valence-corrected chi connectivity index (χ1v) is 4.71. The Morgan fingerprint density at radius 1 is 1.41 bits per heavy atom. The summed E-state index contributed by atoms with van der Waals surface area (Å²) in [6, 6.07) is 5.36. The summed E-state index contributed by atoms with van der Waals surface area (Å²) in [5.41, 5.74) is -0.188. The molecule has 0 aliphatic rings. The average molecular weight is 237 g/mol. The van der Waals surface area contributed by atoms with Gasteiger partial charge in [0.05, 0.1) is 0 Å². The van der Waals surface area contributed by atoms with Gasteiger partial charge in [-0.05, 0) is 24.3 Å². The molecule has 0 aliphatic heterocycles. The van der Waals surface area contributed by atoms with Crippen molar-refractivity contribution in [3.05, 3.63) is 47.9 Å². The quantitative estimate of drug-likeness (QED) is 0.881. The summed E-state index contributed by atoms with van der Waals surface area (Å²) in [4.78, 5) is 14.2. The minimum Gasteiger partial charge on any atom is -0.486 e. The van der Waals surface area contributed by atoms with Crippen LogP contribution in [0.3, 0.4) is 0 Å². The highest BCUT2D eigenvalue weighted by Gasteiger charge is 2.15. The first-order chi connectivity index (χ1) is 8.16. The predicted octanol–water partition coefficient (Wildman–Crippen LogP) is 2.09. The Morgan fingerprint density at radius 2 is 2.12 bits per heavy atom. The molecule has 5 nitrogen and oxygen atoms in total. The lowest BCUT2D eigenvalue weighted by Gasteiger charge is -2.03. The van der Waals surface area contributed by atoms with Crippen LogP contribution in [0, 0.1) is 5.82 Å². The van der Waals surface area contributed by atoms with Gasteiger partial charge in [-0.3, -0.25) is 0 Å². The van der Waals surface area contributed by atoms with Gasteiger partial charge in [0.1, 0.15) is 18.2 Å².